The van der Waals surface area contributed by atoms with Gasteiger partial charge in [0, 0.05) is 50.6 Å². The summed E-state index contributed by atoms with van der Waals surface area (Å²) in [6.45, 7) is 4.74. The lowest BCUT2D eigenvalue weighted by molar-refractivity contribution is 0.290. The minimum absolute atomic E-state index is 0.438. The standard InChI is InChI=1S/C28H38N3O2P/c1-22(2)20-21-33-34(32,27-18-16-26(17-19-27)31(5)6)28(29-24-10-8-7-9-11-24)23-12-14-25(15-13-23)30(3)4/h7-19,22,28-29H,20-21H2,1-6H3/t28-,34-/m1/s1. The Morgan fingerprint density at radius 2 is 1.32 bits per heavy atom. The third-order valence-electron chi connectivity index (χ3n) is 5.85. The monoisotopic (exact) mass is 479 g/mol. The zero-order valence-corrected chi connectivity index (χ0v) is 22.1. The highest BCUT2D eigenvalue weighted by Crippen LogP contribution is 2.59. The van der Waals surface area contributed by atoms with Gasteiger partial charge in [-0.2, -0.15) is 0 Å². The first-order valence-corrected chi connectivity index (χ1v) is 13.5. The molecular weight excluding hydrogens is 441 g/mol. The third kappa shape index (κ3) is 6.43. The Hall–Kier alpha value is -2.75. The average Bonchev–Trinajstić information content (AvgIpc) is 2.83. The quantitative estimate of drug-likeness (QED) is 0.314. The fourth-order valence-corrected chi connectivity index (χ4v) is 6.11. The van der Waals surface area contributed by atoms with E-state index in [1.165, 1.54) is 0 Å². The van der Waals surface area contributed by atoms with Crippen LogP contribution in [0.2, 0.25) is 0 Å². The van der Waals surface area contributed by atoms with Gasteiger partial charge in [-0.25, -0.2) is 0 Å². The summed E-state index contributed by atoms with van der Waals surface area (Å²) in [6, 6.07) is 26.0. The lowest BCUT2D eigenvalue weighted by Gasteiger charge is -2.31. The molecule has 3 aromatic carbocycles. The molecule has 0 saturated carbocycles. The molecule has 0 aliphatic rings. The molecule has 0 radical (unpaired) electrons. The molecule has 2 atom stereocenters. The van der Waals surface area contributed by atoms with E-state index in [1.54, 1.807) is 0 Å². The maximum absolute atomic E-state index is 14.9. The summed E-state index contributed by atoms with van der Waals surface area (Å²) in [6.07, 6.45) is 0.845. The fourth-order valence-electron chi connectivity index (χ4n) is 3.69. The van der Waals surface area contributed by atoms with Crippen LogP contribution in [0.1, 0.15) is 31.6 Å². The molecule has 34 heavy (non-hydrogen) atoms. The topological polar surface area (TPSA) is 44.8 Å². The van der Waals surface area contributed by atoms with Gasteiger partial charge in [-0.05, 0) is 66.4 Å². The normalized spacial score (nSPS) is 13.9. The highest BCUT2D eigenvalue weighted by atomic mass is 31.2. The van der Waals surface area contributed by atoms with E-state index in [9.17, 15) is 4.57 Å². The van der Waals surface area contributed by atoms with Gasteiger partial charge < -0.3 is 19.6 Å². The SMILES string of the molecule is CC(C)CCO[P@](=O)(c1ccc(N(C)C)cc1)[C@@H](Nc1ccccc1)c1ccc(N(C)C)cc1. The summed E-state index contributed by atoms with van der Waals surface area (Å²) in [5, 5.41) is 4.26. The molecule has 0 aliphatic carbocycles. The first-order chi connectivity index (χ1) is 16.2. The zero-order valence-electron chi connectivity index (χ0n) is 21.2. The van der Waals surface area contributed by atoms with Crippen LogP contribution in [0.5, 0.6) is 0 Å². The number of anilines is 3. The Labute approximate surface area is 205 Å². The van der Waals surface area contributed by atoms with Crippen molar-refractivity contribution in [2.24, 2.45) is 5.92 Å². The van der Waals surface area contributed by atoms with Crippen LogP contribution in [0.25, 0.3) is 0 Å². The lowest BCUT2D eigenvalue weighted by Crippen LogP contribution is -2.22. The third-order valence-corrected chi connectivity index (χ3v) is 8.54. The molecular formula is C28H38N3O2P. The number of rotatable bonds is 11. The van der Waals surface area contributed by atoms with Crippen molar-refractivity contribution in [2.45, 2.75) is 26.1 Å². The minimum Gasteiger partial charge on any atom is -0.378 e. The van der Waals surface area contributed by atoms with Gasteiger partial charge in [-0.15, -0.1) is 0 Å². The van der Waals surface area contributed by atoms with Crippen molar-refractivity contribution in [2.75, 3.05) is 49.9 Å². The van der Waals surface area contributed by atoms with E-state index in [1.807, 2.05) is 99.8 Å². The van der Waals surface area contributed by atoms with E-state index in [4.69, 9.17) is 4.52 Å². The number of benzene rings is 3. The zero-order chi connectivity index (χ0) is 24.7. The minimum atomic E-state index is -3.36. The molecule has 3 rings (SSSR count). The summed E-state index contributed by atoms with van der Waals surface area (Å²) in [5.41, 5.74) is 3.98. The van der Waals surface area contributed by atoms with E-state index >= 15 is 0 Å². The second-order valence-corrected chi connectivity index (χ2v) is 11.9. The molecule has 3 aromatic rings. The second kappa shape index (κ2) is 11.6. The Kier molecular flexibility index (Phi) is 8.82. The Morgan fingerprint density at radius 3 is 1.82 bits per heavy atom. The molecule has 0 heterocycles. The van der Waals surface area contributed by atoms with Gasteiger partial charge in [0.15, 0.2) is 0 Å². The summed E-state index contributed by atoms with van der Waals surface area (Å²) >= 11 is 0. The van der Waals surface area contributed by atoms with Crippen LogP contribution in [0.4, 0.5) is 17.1 Å². The van der Waals surface area contributed by atoms with Crippen molar-refractivity contribution in [3.8, 4) is 0 Å². The van der Waals surface area contributed by atoms with E-state index in [-0.39, 0.29) is 0 Å². The predicted octanol–water partition coefficient (Wildman–Crippen LogP) is 6.60. The lowest BCUT2D eigenvalue weighted by atomic mass is 10.2. The molecule has 1 N–H and O–H groups in total. The molecule has 0 spiro atoms. The van der Waals surface area contributed by atoms with Crippen LogP contribution >= 0.6 is 7.37 Å². The predicted molar refractivity (Wildman–Crippen MR) is 147 cm³/mol. The first kappa shape index (κ1) is 25.9. The smallest absolute Gasteiger partial charge is 0.258 e. The molecule has 0 aromatic heterocycles. The van der Waals surface area contributed by atoms with E-state index in [2.05, 4.69) is 36.2 Å². The van der Waals surface area contributed by atoms with Gasteiger partial charge in [-0.1, -0.05) is 44.2 Å². The van der Waals surface area contributed by atoms with Crippen LogP contribution in [0.15, 0.2) is 78.9 Å². The Morgan fingerprint density at radius 1 is 0.794 bits per heavy atom. The number of hydrogen-bond donors (Lipinski definition) is 1. The largest absolute Gasteiger partial charge is 0.378 e. The van der Waals surface area contributed by atoms with Crippen LogP contribution in [0, 0.1) is 5.92 Å². The van der Waals surface area contributed by atoms with Gasteiger partial charge in [0.25, 0.3) is 7.37 Å². The number of nitrogens with zero attached hydrogens (tertiary/aromatic N) is 2. The average molecular weight is 480 g/mol. The Balaban J connectivity index is 2.09. The van der Waals surface area contributed by atoms with Crippen LogP contribution in [-0.4, -0.2) is 34.8 Å². The van der Waals surface area contributed by atoms with Gasteiger partial charge in [0.05, 0.1) is 6.61 Å². The molecule has 0 amide bonds. The van der Waals surface area contributed by atoms with Crippen molar-refractivity contribution >= 4 is 29.7 Å². The van der Waals surface area contributed by atoms with Crippen molar-refractivity contribution in [3.05, 3.63) is 84.4 Å². The molecule has 5 nitrogen and oxygen atoms in total. The number of nitrogens with one attached hydrogen (secondary N) is 1. The van der Waals surface area contributed by atoms with E-state index in [0.717, 1.165) is 29.0 Å². The van der Waals surface area contributed by atoms with Crippen molar-refractivity contribution < 1.29 is 9.09 Å². The molecule has 182 valence electrons. The number of hydrogen-bond acceptors (Lipinski definition) is 5. The van der Waals surface area contributed by atoms with Gasteiger partial charge in [0.1, 0.15) is 5.78 Å². The number of para-hydroxylation sites is 1. The van der Waals surface area contributed by atoms with Crippen molar-refractivity contribution in [3.63, 3.8) is 0 Å². The maximum atomic E-state index is 14.9. The second-order valence-electron chi connectivity index (χ2n) is 9.42. The van der Waals surface area contributed by atoms with Crippen LogP contribution in [0.3, 0.4) is 0 Å². The summed E-state index contributed by atoms with van der Waals surface area (Å²) in [7, 11) is 4.67. The highest BCUT2D eigenvalue weighted by Gasteiger charge is 2.38. The Bertz CT molecular complexity index is 1070. The first-order valence-electron chi connectivity index (χ1n) is 11.8. The van der Waals surface area contributed by atoms with Crippen LogP contribution < -0.4 is 20.4 Å². The maximum Gasteiger partial charge on any atom is 0.258 e. The molecule has 0 aliphatic heterocycles. The highest BCUT2D eigenvalue weighted by molar-refractivity contribution is 7.67. The summed E-state index contributed by atoms with van der Waals surface area (Å²) in [5.74, 6) is -0.0621. The fraction of sp³-hybridized carbons (Fsp3) is 0.357. The molecule has 6 heteroatoms. The van der Waals surface area contributed by atoms with Crippen LogP contribution in [-0.2, 0) is 9.09 Å². The summed E-state index contributed by atoms with van der Waals surface area (Å²) in [4.78, 5) is 4.09. The van der Waals surface area contributed by atoms with Gasteiger partial charge >= 0.3 is 0 Å². The molecule has 0 saturated heterocycles. The van der Waals surface area contributed by atoms with E-state index in [0.29, 0.717) is 17.8 Å². The van der Waals surface area contributed by atoms with Crippen molar-refractivity contribution in [1.82, 2.24) is 0 Å². The van der Waals surface area contributed by atoms with E-state index < -0.39 is 13.2 Å². The molecule has 0 fully saturated rings. The molecule has 0 unspecified atom stereocenters. The molecule has 0 bridgehead atoms. The summed E-state index contributed by atoms with van der Waals surface area (Å²) < 4.78 is 21.3. The van der Waals surface area contributed by atoms with Gasteiger partial charge in [-0.3, -0.25) is 4.57 Å². The van der Waals surface area contributed by atoms with Gasteiger partial charge in [0.2, 0.25) is 0 Å². The van der Waals surface area contributed by atoms with Crippen molar-refractivity contribution in [1.29, 1.82) is 0 Å².